The largest absolute Gasteiger partial charge is 0.348 e. The number of carbonyl (C=O) groups excluding carboxylic acids is 1. The average molecular weight is 499 g/mol. The second kappa shape index (κ2) is 9.66. The molecule has 1 N–H and O–H groups in total. The van der Waals surface area contributed by atoms with Gasteiger partial charge in [-0.1, -0.05) is 29.8 Å². The quantitative estimate of drug-likeness (QED) is 0.409. The van der Waals surface area contributed by atoms with E-state index >= 15 is 0 Å². The van der Waals surface area contributed by atoms with Crippen LogP contribution in [0.5, 0.6) is 0 Å². The Morgan fingerprint density at radius 3 is 2.50 bits per heavy atom. The van der Waals surface area contributed by atoms with Crippen molar-refractivity contribution in [2.45, 2.75) is 11.4 Å². The van der Waals surface area contributed by atoms with Crippen molar-refractivity contribution >= 4 is 33.2 Å². The first-order chi connectivity index (χ1) is 16.3. The number of aromatic nitrogens is 2. The number of nitrogens with one attached hydrogen (secondary N) is 1. The van der Waals surface area contributed by atoms with E-state index in [0.29, 0.717) is 0 Å². The predicted molar refractivity (Wildman–Crippen MR) is 128 cm³/mol. The molecular weight excluding hydrogens is 479 g/mol. The third kappa shape index (κ3) is 4.95. The summed E-state index contributed by atoms with van der Waals surface area (Å²) in [7, 11) is -2.66. The molecule has 1 amide bonds. The van der Waals surface area contributed by atoms with Crippen molar-refractivity contribution in [1.29, 1.82) is 0 Å². The molecule has 0 atom stereocenters. The summed E-state index contributed by atoms with van der Waals surface area (Å²) in [4.78, 5) is 12.7. The molecule has 7 nitrogen and oxygen atoms in total. The van der Waals surface area contributed by atoms with Gasteiger partial charge in [-0.2, -0.15) is 5.10 Å². The predicted octanol–water partition coefficient (Wildman–Crippen LogP) is 4.42. The van der Waals surface area contributed by atoms with E-state index in [1.807, 2.05) is 30.3 Å². The van der Waals surface area contributed by atoms with Crippen LogP contribution in [0.25, 0.3) is 5.69 Å². The first-order valence-corrected chi connectivity index (χ1v) is 12.0. The van der Waals surface area contributed by atoms with Crippen molar-refractivity contribution in [1.82, 2.24) is 15.1 Å². The zero-order chi connectivity index (χ0) is 24.3. The van der Waals surface area contributed by atoms with E-state index in [2.05, 4.69) is 10.4 Å². The van der Waals surface area contributed by atoms with Crippen molar-refractivity contribution in [3.63, 3.8) is 0 Å². The van der Waals surface area contributed by atoms with Gasteiger partial charge in [-0.15, -0.1) is 0 Å². The van der Waals surface area contributed by atoms with Gasteiger partial charge in [0, 0.05) is 25.4 Å². The maximum atomic E-state index is 13.2. The number of amides is 1. The maximum Gasteiger partial charge on any atom is 0.264 e. The number of hydrogen-bond donors (Lipinski definition) is 1. The van der Waals surface area contributed by atoms with Crippen LogP contribution in [0.1, 0.15) is 15.9 Å². The molecular formula is C24H20ClFN4O3S. The van der Waals surface area contributed by atoms with Gasteiger partial charge in [0.25, 0.3) is 15.9 Å². The molecule has 0 fully saturated rings. The summed E-state index contributed by atoms with van der Waals surface area (Å²) in [6.45, 7) is 0.175. The van der Waals surface area contributed by atoms with Gasteiger partial charge >= 0.3 is 0 Å². The van der Waals surface area contributed by atoms with Gasteiger partial charge in [0.1, 0.15) is 5.82 Å². The lowest BCUT2D eigenvalue weighted by Crippen LogP contribution is -2.27. The molecule has 0 spiro atoms. The van der Waals surface area contributed by atoms with E-state index in [4.69, 9.17) is 11.6 Å². The Morgan fingerprint density at radius 1 is 1.09 bits per heavy atom. The molecule has 0 bridgehead atoms. The Labute approximate surface area is 201 Å². The Hall–Kier alpha value is -3.69. The van der Waals surface area contributed by atoms with Crippen LogP contribution >= 0.6 is 11.6 Å². The monoisotopic (exact) mass is 498 g/mol. The van der Waals surface area contributed by atoms with E-state index in [9.17, 15) is 17.6 Å². The summed E-state index contributed by atoms with van der Waals surface area (Å²) in [5, 5.41) is 7.14. The minimum absolute atomic E-state index is 0.0192. The molecule has 174 valence electrons. The highest BCUT2D eigenvalue weighted by Gasteiger charge is 2.24. The van der Waals surface area contributed by atoms with Crippen LogP contribution in [0.4, 0.5) is 10.1 Å². The summed E-state index contributed by atoms with van der Waals surface area (Å²) in [6, 6.07) is 18.5. The minimum Gasteiger partial charge on any atom is -0.348 e. The van der Waals surface area contributed by atoms with Gasteiger partial charge in [0.05, 0.1) is 33.1 Å². The van der Waals surface area contributed by atoms with Gasteiger partial charge in [-0.25, -0.2) is 17.5 Å². The summed E-state index contributed by atoms with van der Waals surface area (Å²) >= 11 is 6.19. The lowest BCUT2D eigenvalue weighted by molar-refractivity contribution is 0.0951. The number of nitrogens with zero attached hydrogens (tertiary/aromatic N) is 3. The number of rotatable bonds is 7. The number of hydrogen-bond acceptors (Lipinski definition) is 4. The molecule has 0 aliphatic heterocycles. The zero-order valence-electron chi connectivity index (χ0n) is 18.0. The molecule has 34 heavy (non-hydrogen) atoms. The van der Waals surface area contributed by atoms with Crippen molar-refractivity contribution in [3.05, 3.63) is 107 Å². The van der Waals surface area contributed by atoms with Crippen LogP contribution in [0, 0.1) is 5.82 Å². The van der Waals surface area contributed by atoms with Crippen LogP contribution in [-0.2, 0) is 16.6 Å². The fourth-order valence-corrected chi connectivity index (χ4v) is 4.66. The van der Waals surface area contributed by atoms with Crippen LogP contribution in [0.15, 0.2) is 90.1 Å². The third-order valence-corrected chi connectivity index (χ3v) is 7.25. The molecule has 10 heteroatoms. The molecule has 4 rings (SSSR count). The van der Waals surface area contributed by atoms with Crippen molar-refractivity contribution in [3.8, 4) is 5.69 Å². The topological polar surface area (TPSA) is 84.3 Å². The molecule has 3 aromatic carbocycles. The fourth-order valence-electron chi connectivity index (χ4n) is 3.24. The number of sulfonamides is 1. The highest BCUT2D eigenvalue weighted by Crippen LogP contribution is 2.26. The van der Waals surface area contributed by atoms with E-state index < -0.39 is 21.7 Å². The SMILES string of the molecule is CN(c1ccc(F)cc1)S(=O)(=O)c1ccc(Cl)c(C(=O)NCc2cnn(-c3ccccc3)c2)c1. The van der Waals surface area contributed by atoms with Crippen molar-refractivity contribution in [2.75, 3.05) is 11.4 Å². The normalized spacial score (nSPS) is 11.3. The first-order valence-electron chi connectivity index (χ1n) is 10.2. The number of carbonyl (C=O) groups is 1. The van der Waals surface area contributed by atoms with E-state index in [1.54, 1.807) is 17.1 Å². The molecule has 0 aliphatic carbocycles. The average Bonchev–Trinajstić information content (AvgIpc) is 3.32. The van der Waals surface area contributed by atoms with Gasteiger partial charge < -0.3 is 5.32 Å². The van der Waals surface area contributed by atoms with Gasteiger partial charge in [-0.05, 0) is 54.6 Å². The molecule has 0 aliphatic rings. The van der Waals surface area contributed by atoms with Crippen LogP contribution in [-0.4, -0.2) is 31.2 Å². The number of para-hydroxylation sites is 1. The summed E-state index contributed by atoms with van der Waals surface area (Å²) in [5.41, 5.74) is 1.93. The van der Waals surface area contributed by atoms with Crippen LogP contribution in [0.3, 0.4) is 0 Å². The Morgan fingerprint density at radius 2 is 1.79 bits per heavy atom. The van der Waals surface area contributed by atoms with E-state index in [-0.39, 0.29) is 27.7 Å². The molecule has 4 aromatic rings. The minimum atomic E-state index is -4.01. The molecule has 1 aromatic heterocycles. The van der Waals surface area contributed by atoms with Crippen molar-refractivity contribution < 1.29 is 17.6 Å². The number of benzene rings is 3. The van der Waals surface area contributed by atoms with Crippen LogP contribution < -0.4 is 9.62 Å². The number of anilines is 1. The summed E-state index contributed by atoms with van der Waals surface area (Å²) in [5.74, 6) is -1.01. The summed E-state index contributed by atoms with van der Waals surface area (Å²) < 4.78 is 42.0. The lowest BCUT2D eigenvalue weighted by atomic mass is 10.2. The second-order valence-electron chi connectivity index (χ2n) is 7.40. The molecule has 0 saturated heterocycles. The van der Waals surface area contributed by atoms with Crippen molar-refractivity contribution in [2.24, 2.45) is 0 Å². The molecule has 0 saturated carbocycles. The lowest BCUT2D eigenvalue weighted by Gasteiger charge is -2.20. The van der Waals surface area contributed by atoms with E-state index in [0.717, 1.165) is 15.6 Å². The smallest absolute Gasteiger partial charge is 0.264 e. The first kappa shape index (κ1) is 23.5. The Kier molecular flexibility index (Phi) is 6.67. The van der Waals surface area contributed by atoms with Crippen LogP contribution in [0.2, 0.25) is 5.02 Å². The highest BCUT2D eigenvalue weighted by molar-refractivity contribution is 7.92. The molecule has 1 heterocycles. The van der Waals surface area contributed by atoms with Gasteiger partial charge in [0.2, 0.25) is 0 Å². The zero-order valence-corrected chi connectivity index (χ0v) is 19.6. The standard InChI is InChI=1S/C24H20ClFN4O3S/c1-29(19-9-7-18(26)8-10-19)34(32,33)21-11-12-23(25)22(13-21)24(31)27-14-17-15-28-30(16-17)20-5-3-2-4-6-20/h2-13,15-16H,14H2,1H3,(H,27,31). The maximum absolute atomic E-state index is 13.2. The highest BCUT2D eigenvalue weighted by atomic mass is 35.5. The molecule has 0 radical (unpaired) electrons. The Balaban J connectivity index is 1.51. The number of halogens is 2. The Bertz CT molecular complexity index is 1420. The van der Waals surface area contributed by atoms with Gasteiger partial charge in [-0.3, -0.25) is 9.10 Å². The second-order valence-corrected chi connectivity index (χ2v) is 9.78. The third-order valence-electron chi connectivity index (χ3n) is 5.14. The fraction of sp³-hybridized carbons (Fsp3) is 0.0833. The van der Waals surface area contributed by atoms with E-state index in [1.165, 1.54) is 49.5 Å². The molecule has 0 unspecified atom stereocenters. The summed E-state index contributed by atoms with van der Waals surface area (Å²) in [6.07, 6.45) is 3.42. The van der Waals surface area contributed by atoms with Gasteiger partial charge in [0.15, 0.2) is 0 Å².